The number of carbonyl (C=O) groups is 1. The molecule has 0 bridgehead atoms. The Hall–Kier alpha value is -2.69. The Morgan fingerprint density at radius 1 is 1.12 bits per heavy atom. The Morgan fingerprint density at radius 3 is 2.32 bits per heavy atom. The zero-order valence-corrected chi connectivity index (χ0v) is 20.4. The summed E-state index contributed by atoms with van der Waals surface area (Å²) in [6.07, 6.45) is 3.37. The van der Waals surface area contributed by atoms with Crippen LogP contribution in [0.25, 0.3) is 21.2 Å². The molecule has 4 rings (SSSR count). The molecule has 0 fully saturated rings. The van der Waals surface area contributed by atoms with Crippen molar-refractivity contribution in [3.8, 4) is 16.9 Å². The van der Waals surface area contributed by atoms with Crippen molar-refractivity contribution in [2.75, 3.05) is 0 Å². The minimum Gasteiger partial charge on any atom is -0.487 e. The molecule has 0 saturated heterocycles. The summed E-state index contributed by atoms with van der Waals surface area (Å²) in [5, 5.41) is 0.132. The van der Waals surface area contributed by atoms with Gasteiger partial charge in [-0.2, -0.15) is 8.78 Å². The van der Waals surface area contributed by atoms with Crippen molar-refractivity contribution >= 4 is 50.9 Å². The van der Waals surface area contributed by atoms with Gasteiger partial charge >= 0.3 is 13.3 Å². The number of ether oxygens (including phenoxy) is 1. The van der Waals surface area contributed by atoms with Gasteiger partial charge in [0.1, 0.15) is 17.2 Å². The quantitative estimate of drug-likeness (QED) is 0.248. The van der Waals surface area contributed by atoms with Crippen molar-refractivity contribution < 1.29 is 32.7 Å². The van der Waals surface area contributed by atoms with E-state index in [1.165, 1.54) is 12.1 Å². The largest absolute Gasteiger partial charge is 0.487 e. The third-order valence-corrected chi connectivity index (χ3v) is 8.46. The second kappa shape index (κ2) is 9.16. The first-order chi connectivity index (χ1) is 16.0. The predicted octanol–water partition coefficient (Wildman–Crippen LogP) is 5.63. The van der Waals surface area contributed by atoms with Gasteiger partial charge in [-0.15, -0.1) is 11.3 Å². The summed E-state index contributed by atoms with van der Waals surface area (Å²) < 4.78 is 46.1. The van der Waals surface area contributed by atoms with Gasteiger partial charge in [-0.25, -0.2) is 0 Å². The molecule has 0 aliphatic carbocycles. The van der Waals surface area contributed by atoms with E-state index in [9.17, 15) is 18.1 Å². The number of benzene rings is 2. The lowest BCUT2D eigenvalue weighted by atomic mass is 10.1. The number of alkyl halides is 2. The van der Waals surface area contributed by atoms with E-state index < -0.39 is 24.0 Å². The fourth-order valence-corrected chi connectivity index (χ4v) is 6.19. The molecule has 4 aromatic rings. The molecule has 4 N–H and O–H groups in total. The maximum absolute atomic E-state index is 14.5. The molecule has 2 aromatic carbocycles. The first-order valence-corrected chi connectivity index (χ1v) is 12.8. The minimum absolute atomic E-state index is 0.0000749. The molecule has 0 radical (unpaired) electrons. The van der Waals surface area contributed by atoms with Crippen LogP contribution in [0.15, 0.2) is 65.4 Å². The van der Waals surface area contributed by atoms with Gasteiger partial charge in [0, 0.05) is 27.8 Å². The van der Waals surface area contributed by atoms with E-state index in [1.54, 1.807) is 12.4 Å². The highest BCUT2D eigenvalue weighted by molar-refractivity contribution is 9.10. The monoisotopic (exact) mass is 568 g/mol. The van der Waals surface area contributed by atoms with Crippen LogP contribution in [0.2, 0.25) is 0 Å². The number of nitrogens with zero attached hydrogens (tertiary/aromatic N) is 1. The summed E-state index contributed by atoms with van der Waals surface area (Å²) in [7, 11) is -5.80. The molecule has 2 aromatic heterocycles. The number of nitrogens with two attached hydrogens (primary N) is 1. The lowest BCUT2D eigenvalue weighted by Gasteiger charge is -2.16. The molecule has 176 valence electrons. The second-order valence-corrected chi connectivity index (χ2v) is 10.7. The maximum Gasteiger partial charge on any atom is 0.400 e. The molecule has 0 spiro atoms. The number of hydrogen-bond donors (Lipinski definition) is 3. The van der Waals surface area contributed by atoms with Crippen LogP contribution in [0, 0.1) is 0 Å². The number of aromatic nitrogens is 1. The fraction of sp³-hybridized carbons (Fsp3) is 0.0909. The average molecular weight is 569 g/mol. The average Bonchev–Trinajstić information content (AvgIpc) is 3.15. The molecular weight excluding hydrogens is 553 g/mol. The molecule has 0 unspecified atom stereocenters. The van der Waals surface area contributed by atoms with Crippen LogP contribution in [0.5, 0.6) is 5.75 Å². The number of hydrogen-bond acceptors (Lipinski definition) is 5. The van der Waals surface area contributed by atoms with Crippen LogP contribution in [0.4, 0.5) is 8.78 Å². The molecule has 0 aliphatic heterocycles. The number of thiophene rings is 1. The normalized spacial score (nSPS) is 12.1. The van der Waals surface area contributed by atoms with E-state index in [0.29, 0.717) is 11.3 Å². The molecule has 0 aliphatic rings. The lowest BCUT2D eigenvalue weighted by molar-refractivity contribution is 0.0595. The second-order valence-electron chi connectivity index (χ2n) is 7.27. The standard InChI is InChI=1S/C22H16BrF2N2O5PS/c23-18-16-9-15(21(26)28)10-17(19(16)34-20(18)22(24,25)33(29,30)31)32-11-12-1-3-13(4-2-12)14-5-7-27-8-6-14/h1-10H,11H2,(H2,26,28)(H2,29,30,31). The van der Waals surface area contributed by atoms with Gasteiger partial charge in [0.15, 0.2) is 0 Å². The topological polar surface area (TPSA) is 123 Å². The van der Waals surface area contributed by atoms with E-state index in [0.717, 1.165) is 16.7 Å². The van der Waals surface area contributed by atoms with E-state index in [4.69, 9.17) is 20.3 Å². The van der Waals surface area contributed by atoms with Crippen LogP contribution < -0.4 is 10.5 Å². The van der Waals surface area contributed by atoms with E-state index >= 15 is 0 Å². The van der Waals surface area contributed by atoms with Gasteiger partial charge in [0.2, 0.25) is 5.91 Å². The predicted molar refractivity (Wildman–Crippen MR) is 128 cm³/mol. The molecule has 12 heteroatoms. The SMILES string of the molecule is NC(=O)c1cc(OCc2ccc(-c3ccncc3)cc2)c2sc(C(F)(F)P(=O)(O)O)c(Br)c2c1. The van der Waals surface area contributed by atoms with Gasteiger partial charge in [-0.3, -0.25) is 14.3 Å². The number of primary amides is 1. The van der Waals surface area contributed by atoms with Gasteiger partial charge in [0.05, 0.1) is 4.70 Å². The number of carbonyl (C=O) groups excluding carboxylic acids is 1. The number of halogens is 3. The van der Waals surface area contributed by atoms with Gasteiger partial charge < -0.3 is 20.3 Å². The van der Waals surface area contributed by atoms with Gasteiger partial charge in [0.25, 0.3) is 0 Å². The maximum atomic E-state index is 14.5. The first-order valence-electron chi connectivity index (χ1n) is 9.61. The van der Waals surface area contributed by atoms with Crippen molar-refractivity contribution in [2.24, 2.45) is 5.73 Å². The van der Waals surface area contributed by atoms with Crippen molar-refractivity contribution in [1.29, 1.82) is 0 Å². The lowest BCUT2D eigenvalue weighted by Crippen LogP contribution is -2.12. The van der Waals surface area contributed by atoms with Crippen LogP contribution in [-0.4, -0.2) is 20.7 Å². The van der Waals surface area contributed by atoms with Crippen LogP contribution in [-0.2, 0) is 16.8 Å². The highest BCUT2D eigenvalue weighted by Crippen LogP contribution is 2.63. The van der Waals surface area contributed by atoms with E-state index in [1.807, 2.05) is 36.4 Å². The number of pyridine rings is 1. The highest BCUT2D eigenvalue weighted by atomic mass is 79.9. The minimum atomic E-state index is -5.80. The Morgan fingerprint density at radius 2 is 1.74 bits per heavy atom. The zero-order valence-electron chi connectivity index (χ0n) is 17.1. The number of rotatable bonds is 7. The van der Waals surface area contributed by atoms with Crippen molar-refractivity contribution in [3.63, 3.8) is 0 Å². The summed E-state index contributed by atoms with van der Waals surface area (Å²) in [6.45, 7) is 0.0493. The fourth-order valence-electron chi connectivity index (χ4n) is 3.21. The smallest absolute Gasteiger partial charge is 0.400 e. The van der Waals surface area contributed by atoms with Gasteiger partial charge in [-0.05, 0) is 56.9 Å². The highest BCUT2D eigenvalue weighted by Gasteiger charge is 2.53. The first kappa shape index (κ1) is 24.4. The summed E-state index contributed by atoms with van der Waals surface area (Å²) in [5.74, 6) is -0.724. The van der Waals surface area contributed by atoms with Gasteiger partial charge in [-0.1, -0.05) is 24.3 Å². The summed E-state index contributed by atoms with van der Waals surface area (Å²) in [5.41, 5.74) is 3.68. The molecular formula is C22H16BrF2N2O5PS. The molecule has 0 saturated carbocycles. The molecule has 2 heterocycles. The van der Waals surface area contributed by atoms with Crippen molar-refractivity contribution in [2.45, 2.75) is 12.3 Å². The molecule has 34 heavy (non-hydrogen) atoms. The number of fused-ring (bicyclic) bond motifs is 1. The third kappa shape index (κ3) is 4.62. The summed E-state index contributed by atoms with van der Waals surface area (Å²) in [6, 6.07) is 13.8. The van der Waals surface area contributed by atoms with E-state index in [-0.39, 0.29) is 32.5 Å². The van der Waals surface area contributed by atoms with Crippen LogP contribution >= 0.6 is 34.9 Å². The Kier molecular flexibility index (Phi) is 6.58. The molecule has 0 atom stereocenters. The molecule has 1 amide bonds. The van der Waals surface area contributed by atoms with Crippen molar-refractivity contribution in [3.05, 3.63) is 81.4 Å². The third-order valence-electron chi connectivity index (χ3n) is 4.98. The summed E-state index contributed by atoms with van der Waals surface area (Å²) >= 11 is 3.47. The van der Waals surface area contributed by atoms with Crippen LogP contribution in [0.3, 0.4) is 0 Å². The Bertz CT molecular complexity index is 1430. The molecule has 7 nitrogen and oxygen atoms in total. The van der Waals surface area contributed by atoms with Crippen LogP contribution in [0.1, 0.15) is 20.8 Å². The van der Waals surface area contributed by atoms with Crippen molar-refractivity contribution in [1.82, 2.24) is 4.98 Å². The van der Waals surface area contributed by atoms with E-state index in [2.05, 4.69) is 20.9 Å². The Balaban J connectivity index is 1.70. The summed E-state index contributed by atoms with van der Waals surface area (Å²) in [4.78, 5) is 33.2. The number of amides is 1. The zero-order chi connectivity index (χ0) is 24.7. The Labute approximate surface area is 204 Å².